The van der Waals surface area contributed by atoms with Crippen molar-refractivity contribution in [3.63, 3.8) is 0 Å². The number of rotatable bonds is 6. The Hall–Kier alpha value is -1.61. The van der Waals surface area contributed by atoms with Gasteiger partial charge in [0.2, 0.25) is 10.0 Å². The van der Waals surface area contributed by atoms with Gasteiger partial charge in [0.15, 0.2) is 0 Å². The van der Waals surface area contributed by atoms with E-state index in [1.54, 1.807) is 13.8 Å². The Morgan fingerprint density at radius 1 is 1.27 bits per heavy atom. The number of carbonyl (C=O) groups is 1. The Morgan fingerprint density at radius 3 is 2.27 bits per heavy atom. The third-order valence-electron chi connectivity index (χ3n) is 2.78. The van der Waals surface area contributed by atoms with E-state index in [0.717, 1.165) is 18.2 Å². The second kappa shape index (κ2) is 6.66. The number of hydrogen-bond acceptors (Lipinski definition) is 3. The second-order valence-electron chi connectivity index (χ2n) is 5.14. The first-order valence-corrected chi connectivity index (χ1v) is 7.85. The van der Waals surface area contributed by atoms with Crippen LogP contribution in [0.5, 0.6) is 0 Å². The number of carboxylic acid groups (broad SMARTS) is 1. The predicted molar refractivity (Wildman–Crippen MR) is 72.6 cm³/mol. The van der Waals surface area contributed by atoms with Gasteiger partial charge < -0.3 is 5.11 Å². The van der Waals surface area contributed by atoms with E-state index in [1.165, 1.54) is 0 Å². The highest BCUT2D eigenvalue weighted by atomic mass is 32.2. The van der Waals surface area contributed by atoms with Crippen molar-refractivity contribution in [2.75, 3.05) is 0 Å². The first-order valence-electron chi connectivity index (χ1n) is 6.36. The van der Waals surface area contributed by atoms with Crippen molar-refractivity contribution >= 4 is 16.0 Å². The Morgan fingerprint density at radius 2 is 1.82 bits per heavy atom. The molecule has 0 spiro atoms. The number of nitrogens with one attached hydrogen (secondary N) is 1. The molecule has 0 bridgehead atoms. The minimum atomic E-state index is -4.86. The normalized spacial score (nSPS) is 14.1. The Kier molecular flexibility index (Phi) is 5.58. The van der Waals surface area contributed by atoms with Gasteiger partial charge in [0.1, 0.15) is 6.04 Å². The van der Waals surface area contributed by atoms with Gasteiger partial charge in [-0.2, -0.15) is 17.9 Å². The quantitative estimate of drug-likeness (QED) is 0.834. The molecule has 0 saturated heterocycles. The minimum Gasteiger partial charge on any atom is -0.480 e. The third kappa shape index (κ3) is 4.70. The van der Waals surface area contributed by atoms with Gasteiger partial charge in [-0.05, 0) is 24.5 Å². The Labute approximate surface area is 126 Å². The van der Waals surface area contributed by atoms with Crippen molar-refractivity contribution in [1.29, 1.82) is 0 Å². The Balaban J connectivity index is 3.22. The van der Waals surface area contributed by atoms with Crippen LogP contribution in [0.25, 0.3) is 0 Å². The molecule has 0 fully saturated rings. The summed E-state index contributed by atoms with van der Waals surface area (Å²) in [5.41, 5.74) is -1.34. The van der Waals surface area contributed by atoms with Crippen LogP contribution in [0.1, 0.15) is 25.8 Å². The largest absolute Gasteiger partial charge is 0.480 e. The summed E-state index contributed by atoms with van der Waals surface area (Å²) in [5.74, 6) is -1.59. The number of alkyl halides is 3. The molecule has 1 aromatic rings. The maximum atomic E-state index is 12.9. The molecule has 0 aliphatic carbocycles. The molecule has 1 aromatic carbocycles. The highest BCUT2D eigenvalue weighted by Crippen LogP contribution is 2.34. The van der Waals surface area contributed by atoms with Gasteiger partial charge >= 0.3 is 12.1 Å². The van der Waals surface area contributed by atoms with Gasteiger partial charge in [-0.1, -0.05) is 26.0 Å². The lowest BCUT2D eigenvalue weighted by atomic mass is 10.1. The average molecular weight is 339 g/mol. The lowest BCUT2D eigenvalue weighted by molar-refractivity contribution is -0.140. The molecule has 0 saturated carbocycles. The maximum Gasteiger partial charge on any atom is 0.417 e. The van der Waals surface area contributed by atoms with Crippen LogP contribution in [-0.4, -0.2) is 25.5 Å². The molecule has 0 amide bonds. The zero-order valence-corrected chi connectivity index (χ0v) is 12.7. The number of hydrogen-bond donors (Lipinski definition) is 2. The number of benzene rings is 1. The fourth-order valence-corrected chi connectivity index (χ4v) is 3.29. The predicted octanol–water partition coefficient (Wildman–Crippen LogP) is 2.48. The van der Waals surface area contributed by atoms with Crippen LogP contribution in [0.4, 0.5) is 13.2 Å². The van der Waals surface area contributed by atoms with Crippen molar-refractivity contribution < 1.29 is 31.5 Å². The topological polar surface area (TPSA) is 83.5 Å². The van der Waals surface area contributed by atoms with E-state index < -0.39 is 38.7 Å². The van der Waals surface area contributed by atoms with E-state index >= 15 is 0 Å². The van der Waals surface area contributed by atoms with Crippen molar-refractivity contribution in [1.82, 2.24) is 4.72 Å². The molecule has 22 heavy (non-hydrogen) atoms. The van der Waals surface area contributed by atoms with Crippen LogP contribution in [0.2, 0.25) is 0 Å². The fraction of sp³-hybridized carbons (Fsp3) is 0.462. The van der Waals surface area contributed by atoms with Crippen molar-refractivity contribution in [2.45, 2.75) is 37.4 Å². The van der Waals surface area contributed by atoms with E-state index in [4.69, 9.17) is 5.11 Å². The van der Waals surface area contributed by atoms with Crippen LogP contribution >= 0.6 is 0 Å². The summed E-state index contributed by atoms with van der Waals surface area (Å²) in [6.07, 6.45) is -4.90. The Bertz CT molecular complexity index is 641. The summed E-state index contributed by atoms with van der Waals surface area (Å²) < 4.78 is 64.7. The van der Waals surface area contributed by atoms with E-state index in [1.807, 2.05) is 4.72 Å². The van der Waals surface area contributed by atoms with Crippen molar-refractivity contribution in [2.24, 2.45) is 5.92 Å². The molecule has 1 unspecified atom stereocenters. The summed E-state index contributed by atoms with van der Waals surface area (Å²) in [6, 6.07) is 2.13. The van der Waals surface area contributed by atoms with Crippen LogP contribution in [0.3, 0.4) is 0 Å². The zero-order valence-electron chi connectivity index (χ0n) is 11.9. The molecule has 1 atom stereocenters. The van der Waals surface area contributed by atoms with Crippen molar-refractivity contribution in [3.05, 3.63) is 29.8 Å². The summed E-state index contributed by atoms with van der Waals surface area (Å²) in [6.45, 7) is 3.35. The van der Waals surface area contributed by atoms with Gasteiger partial charge in [-0.15, -0.1) is 0 Å². The fourth-order valence-electron chi connectivity index (χ4n) is 1.86. The first kappa shape index (κ1) is 18.4. The number of halogens is 3. The molecule has 0 aromatic heterocycles. The van der Waals surface area contributed by atoms with E-state index in [0.29, 0.717) is 6.07 Å². The van der Waals surface area contributed by atoms with Crippen molar-refractivity contribution in [3.8, 4) is 0 Å². The van der Waals surface area contributed by atoms with Gasteiger partial charge in [0, 0.05) is 0 Å². The molecule has 1 rings (SSSR count). The average Bonchev–Trinajstić information content (AvgIpc) is 2.36. The highest BCUT2D eigenvalue weighted by molar-refractivity contribution is 7.89. The second-order valence-corrected chi connectivity index (χ2v) is 6.82. The molecule has 0 radical (unpaired) electrons. The molecule has 0 aliphatic rings. The summed E-state index contributed by atoms with van der Waals surface area (Å²) in [7, 11) is -4.61. The van der Waals surface area contributed by atoms with E-state index in [2.05, 4.69) is 0 Å². The smallest absolute Gasteiger partial charge is 0.417 e. The SMILES string of the molecule is CC(C)CC(NS(=O)(=O)c1ccccc1C(F)(F)F)C(=O)O. The van der Waals surface area contributed by atoms with Gasteiger partial charge in [0.05, 0.1) is 10.5 Å². The first-order chi connectivity index (χ1) is 9.95. The zero-order chi connectivity index (χ0) is 17.1. The van der Waals surface area contributed by atoms with E-state index in [9.17, 15) is 26.4 Å². The molecule has 9 heteroatoms. The van der Waals surface area contributed by atoms with Gasteiger partial charge in [-0.25, -0.2) is 8.42 Å². The molecular formula is C13H16F3NO4S. The molecule has 124 valence electrons. The number of aliphatic carboxylic acids is 1. The molecule has 2 N–H and O–H groups in total. The van der Waals surface area contributed by atoms with Crippen LogP contribution in [0, 0.1) is 5.92 Å². The van der Waals surface area contributed by atoms with Crippen LogP contribution < -0.4 is 4.72 Å². The van der Waals surface area contributed by atoms with Gasteiger partial charge in [0.25, 0.3) is 0 Å². The van der Waals surface area contributed by atoms with Gasteiger partial charge in [-0.3, -0.25) is 4.79 Å². The lowest BCUT2D eigenvalue weighted by Gasteiger charge is -2.18. The summed E-state index contributed by atoms with van der Waals surface area (Å²) in [4.78, 5) is 10.1. The van der Waals surface area contributed by atoms with Crippen LogP contribution in [-0.2, 0) is 21.0 Å². The van der Waals surface area contributed by atoms with Crippen LogP contribution in [0.15, 0.2) is 29.2 Å². The standard InChI is InChI=1S/C13H16F3NO4S/c1-8(2)7-10(12(18)19)17-22(20,21)11-6-4-3-5-9(11)13(14,15)16/h3-6,8,10,17H,7H2,1-2H3,(H,18,19). The highest BCUT2D eigenvalue weighted by Gasteiger charge is 2.38. The third-order valence-corrected chi connectivity index (χ3v) is 4.31. The minimum absolute atomic E-state index is 0.0389. The molecule has 5 nitrogen and oxygen atoms in total. The lowest BCUT2D eigenvalue weighted by Crippen LogP contribution is -2.42. The number of sulfonamides is 1. The number of carboxylic acids is 1. The van der Waals surface area contributed by atoms with E-state index in [-0.39, 0.29) is 12.3 Å². The molecule has 0 aliphatic heterocycles. The molecular weight excluding hydrogens is 323 g/mol. The summed E-state index contributed by atoms with van der Waals surface area (Å²) in [5, 5.41) is 9.01. The monoisotopic (exact) mass is 339 g/mol. The summed E-state index contributed by atoms with van der Waals surface area (Å²) >= 11 is 0. The molecule has 0 heterocycles. The maximum absolute atomic E-state index is 12.9.